The number of aromatic nitrogens is 1. The summed E-state index contributed by atoms with van der Waals surface area (Å²) in [5, 5.41) is 3.31. The monoisotopic (exact) mass is 247 g/mol. The summed E-state index contributed by atoms with van der Waals surface area (Å²) in [7, 11) is 0. The van der Waals surface area contributed by atoms with Gasteiger partial charge in [-0.05, 0) is 44.9 Å². The summed E-state index contributed by atoms with van der Waals surface area (Å²) in [6.45, 7) is 4.78. The maximum absolute atomic E-state index is 12.7. The summed E-state index contributed by atoms with van der Waals surface area (Å²) in [5.41, 5.74) is 0.977. The zero-order chi connectivity index (χ0) is 12.6. The Morgan fingerprint density at radius 3 is 3.11 bits per heavy atom. The molecule has 18 heavy (non-hydrogen) atoms. The fraction of sp³-hybridized carbons (Fsp3) is 0.643. The Labute approximate surface area is 108 Å². The van der Waals surface area contributed by atoms with Crippen LogP contribution in [0.1, 0.15) is 37.9 Å². The summed E-state index contributed by atoms with van der Waals surface area (Å²) in [5.74, 6) is 0.324. The lowest BCUT2D eigenvalue weighted by molar-refractivity contribution is -0.141. The summed E-state index contributed by atoms with van der Waals surface area (Å²) in [4.78, 5) is 18.1. The van der Waals surface area contributed by atoms with Crippen LogP contribution in [-0.4, -0.2) is 35.4 Å². The Morgan fingerprint density at radius 1 is 1.56 bits per heavy atom. The molecule has 0 aliphatic carbocycles. The third-order valence-corrected chi connectivity index (χ3v) is 4.38. The molecule has 2 fully saturated rings. The zero-order valence-electron chi connectivity index (χ0n) is 10.9. The SMILES string of the molecule is CC1(C(=O)N2CCCC2c2ccc[nH]2)CCNC1. The van der Waals surface area contributed by atoms with Crippen LogP contribution in [0.15, 0.2) is 18.3 Å². The predicted octanol–water partition coefficient (Wildman–Crippen LogP) is 1.68. The number of amides is 1. The minimum absolute atomic E-state index is 0.199. The number of hydrogen-bond donors (Lipinski definition) is 2. The molecule has 2 atom stereocenters. The maximum atomic E-state index is 12.7. The molecule has 3 rings (SSSR count). The number of likely N-dealkylation sites (tertiary alicyclic amines) is 1. The molecule has 0 radical (unpaired) electrons. The Balaban J connectivity index is 1.80. The smallest absolute Gasteiger partial charge is 0.230 e. The second-order valence-corrected chi connectivity index (χ2v) is 5.77. The van der Waals surface area contributed by atoms with E-state index in [1.54, 1.807) is 0 Å². The fourth-order valence-electron chi connectivity index (χ4n) is 3.23. The third kappa shape index (κ3) is 1.85. The highest BCUT2D eigenvalue weighted by atomic mass is 16.2. The Morgan fingerprint density at radius 2 is 2.44 bits per heavy atom. The first-order valence-electron chi connectivity index (χ1n) is 6.86. The summed E-state index contributed by atoms with van der Waals surface area (Å²) in [6, 6.07) is 4.35. The lowest BCUT2D eigenvalue weighted by Crippen LogP contribution is -2.43. The molecule has 4 nitrogen and oxygen atoms in total. The molecule has 2 N–H and O–H groups in total. The Kier molecular flexibility index (Phi) is 2.90. The first-order valence-corrected chi connectivity index (χ1v) is 6.86. The molecule has 1 amide bonds. The van der Waals surface area contributed by atoms with Crippen molar-refractivity contribution >= 4 is 5.91 Å². The van der Waals surface area contributed by atoms with Gasteiger partial charge in [0.1, 0.15) is 0 Å². The van der Waals surface area contributed by atoms with Crippen molar-refractivity contribution in [3.05, 3.63) is 24.0 Å². The first kappa shape index (κ1) is 11.8. The number of carbonyl (C=O) groups is 1. The number of nitrogens with zero attached hydrogens (tertiary/aromatic N) is 1. The van der Waals surface area contributed by atoms with Gasteiger partial charge in [0.25, 0.3) is 0 Å². The molecule has 1 aromatic rings. The molecule has 0 aromatic carbocycles. The summed E-state index contributed by atoms with van der Waals surface area (Å²) in [6.07, 6.45) is 5.09. The van der Waals surface area contributed by atoms with Gasteiger partial charge in [-0.1, -0.05) is 0 Å². The van der Waals surface area contributed by atoms with E-state index in [1.807, 2.05) is 12.3 Å². The van der Waals surface area contributed by atoms with E-state index in [9.17, 15) is 4.79 Å². The van der Waals surface area contributed by atoms with Crippen LogP contribution in [0.2, 0.25) is 0 Å². The van der Waals surface area contributed by atoms with Crippen molar-refractivity contribution in [3.8, 4) is 0 Å². The largest absolute Gasteiger partial charge is 0.363 e. The highest BCUT2D eigenvalue weighted by molar-refractivity contribution is 5.83. The molecule has 2 aliphatic heterocycles. The minimum Gasteiger partial charge on any atom is -0.363 e. The van der Waals surface area contributed by atoms with Crippen molar-refractivity contribution in [1.82, 2.24) is 15.2 Å². The standard InChI is InChI=1S/C14H21N3O/c1-14(6-8-15-10-14)13(18)17-9-3-5-12(17)11-4-2-7-16-11/h2,4,7,12,15-16H,3,5-6,8-10H2,1H3. The van der Waals surface area contributed by atoms with Gasteiger partial charge < -0.3 is 15.2 Å². The van der Waals surface area contributed by atoms with Crippen LogP contribution in [0.25, 0.3) is 0 Å². The van der Waals surface area contributed by atoms with Crippen LogP contribution in [0, 0.1) is 5.41 Å². The quantitative estimate of drug-likeness (QED) is 0.835. The second kappa shape index (κ2) is 4.43. The number of hydrogen-bond acceptors (Lipinski definition) is 2. The molecule has 2 aliphatic rings. The molecule has 3 heterocycles. The van der Waals surface area contributed by atoms with Gasteiger partial charge in [-0.3, -0.25) is 4.79 Å². The highest BCUT2D eigenvalue weighted by Gasteiger charge is 2.43. The Bertz CT molecular complexity index is 420. The molecule has 98 valence electrons. The lowest BCUT2D eigenvalue weighted by atomic mass is 9.87. The third-order valence-electron chi connectivity index (χ3n) is 4.38. The maximum Gasteiger partial charge on any atom is 0.230 e. The van der Waals surface area contributed by atoms with E-state index in [0.717, 1.165) is 38.9 Å². The van der Waals surface area contributed by atoms with E-state index in [4.69, 9.17) is 0 Å². The molecule has 0 spiro atoms. The molecule has 2 unspecified atom stereocenters. The molecule has 4 heteroatoms. The number of H-pyrrole nitrogens is 1. The highest BCUT2D eigenvalue weighted by Crippen LogP contribution is 2.36. The minimum atomic E-state index is -0.199. The Hall–Kier alpha value is -1.29. The van der Waals surface area contributed by atoms with Crippen LogP contribution in [0.4, 0.5) is 0 Å². The topological polar surface area (TPSA) is 48.1 Å². The first-order chi connectivity index (χ1) is 8.71. The number of rotatable bonds is 2. The second-order valence-electron chi connectivity index (χ2n) is 5.77. The predicted molar refractivity (Wildman–Crippen MR) is 70.1 cm³/mol. The summed E-state index contributed by atoms with van der Waals surface area (Å²) < 4.78 is 0. The van der Waals surface area contributed by atoms with Crippen molar-refractivity contribution < 1.29 is 4.79 Å². The molecule has 2 saturated heterocycles. The van der Waals surface area contributed by atoms with Gasteiger partial charge in [-0.2, -0.15) is 0 Å². The van der Waals surface area contributed by atoms with Crippen LogP contribution in [-0.2, 0) is 4.79 Å². The van der Waals surface area contributed by atoms with E-state index in [1.165, 1.54) is 5.69 Å². The average Bonchev–Trinajstić information content (AvgIpc) is 3.09. The van der Waals surface area contributed by atoms with Gasteiger partial charge >= 0.3 is 0 Å². The van der Waals surface area contributed by atoms with Gasteiger partial charge in [-0.15, -0.1) is 0 Å². The van der Waals surface area contributed by atoms with Crippen LogP contribution >= 0.6 is 0 Å². The molecule has 0 saturated carbocycles. The van der Waals surface area contributed by atoms with Gasteiger partial charge in [0.2, 0.25) is 5.91 Å². The van der Waals surface area contributed by atoms with Crippen molar-refractivity contribution in [3.63, 3.8) is 0 Å². The normalized spacial score (nSPS) is 32.1. The molecule has 1 aromatic heterocycles. The fourth-order valence-corrected chi connectivity index (χ4v) is 3.23. The molecular formula is C14H21N3O. The van der Waals surface area contributed by atoms with Gasteiger partial charge in [0.15, 0.2) is 0 Å². The van der Waals surface area contributed by atoms with Crippen LogP contribution in [0.5, 0.6) is 0 Å². The lowest BCUT2D eigenvalue weighted by Gasteiger charge is -2.32. The summed E-state index contributed by atoms with van der Waals surface area (Å²) >= 11 is 0. The van der Waals surface area contributed by atoms with Crippen molar-refractivity contribution in [2.45, 2.75) is 32.2 Å². The number of carbonyl (C=O) groups excluding carboxylic acids is 1. The van der Waals surface area contributed by atoms with Gasteiger partial charge in [0.05, 0.1) is 11.5 Å². The molecular weight excluding hydrogens is 226 g/mol. The number of aromatic amines is 1. The van der Waals surface area contributed by atoms with E-state index in [-0.39, 0.29) is 11.5 Å². The van der Waals surface area contributed by atoms with E-state index >= 15 is 0 Å². The van der Waals surface area contributed by atoms with Gasteiger partial charge in [0, 0.05) is 25.0 Å². The van der Waals surface area contributed by atoms with E-state index < -0.39 is 0 Å². The van der Waals surface area contributed by atoms with Crippen molar-refractivity contribution in [2.24, 2.45) is 5.41 Å². The number of nitrogens with one attached hydrogen (secondary N) is 2. The van der Waals surface area contributed by atoms with Crippen LogP contribution < -0.4 is 5.32 Å². The van der Waals surface area contributed by atoms with E-state index in [2.05, 4.69) is 28.2 Å². The van der Waals surface area contributed by atoms with Crippen LogP contribution in [0.3, 0.4) is 0 Å². The van der Waals surface area contributed by atoms with E-state index in [0.29, 0.717) is 5.91 Å². The van der Waals surface area contributed by atoms with Crippen molar-refractivity contribution in [2.75, 3.05) is 19.6 Å². The van der Waals surface area contributed by atoms with Crippen molar-refractivity contribution in [1.29, 1.82) is 0 Å². The molecule has 0 bridgehead atoms. The average molecular weight is 247 g/mol. The van der Waals surface area contributed by atoms with Gasteiger partial charge in [-0.25, -0.2) is 0 Å². The zero-order valence-corrected chi connectivity index (χ0v) is 10.9.